The summed E-state index contributed by atoms with van der Waals surface area (Å²) in [6.07, 6.45) is 4.84. The summed E-state index contributed by atoms with van der Waals surface area (Å²) in [4.78, 5) is 0. The highest BCUT2D eigenvalue weighted by molar-refractivity contribution is 5.58. The van der Waals surface area contributed by atoms with E-state index in [-0.39, 0.29) is 6.04 Å². The van der Waals surface area contributed by atoms with Crippen molar-refractivity contribution in [3.8, 4) is 5.75 Å². The lowest BCUT2D eigenvalue weighted by atomic mass is 9.90. The van der Waals surface area contributed by atoms with E-state index >= 15 is 0 Å². The van der Waals surface area contributed by atoms with E-state index in [1.807, 2.05) is 6.07 Å². The highest BCUT2D eigenvalue weighted by atomic mass is 16.5. The van der Waals surface area contributed by atoms with Crippen LogP contribution in [-0.2, 0) is 0 Å². The smallest absolute Gasteiger partial charge is 0.122 e. The predicted octanol–water partition coefficient (Wildman–Crippen LogP) is 2.99. The fourth-order valence-corrected chi connectivity index (χ4v) is 2.71. The van der Waals surface area contributed by atoms with Crippen molar-refractivity contribution in [1.29, 1.82) is 0 Å². The summed E-state index contributed by atoms with van der Waals surface area (Å²) in [6.45, 7) is 4.23. The third-order valence-corrected chi connectivity index (χ3v) is 4.12. The number of nitrogens with two attached hydrogens (primary N) is 1. The van der Waals surface area contributed by atoms with Crippen LogP contribution in [0.5, 0.6) is 5.75 Å². The molecule has 0 saturated heterocycles. The van der Waals surface area contributed by atoms with E-state index < -0.39 is 0 Å². The Labute approximate surface area is 110 Å². The van der Waals surface area contributed by atoms with Crippen LogP contribution in [0, 0.1) is 13.8 Å². The van der Waals surface area contributed by atoms with Gasteiger partial charge in [-0.2, -0.15) is 0 Å². The Kier molecular flexibility index (Phi) is 4.12. The van der Waals surface area contributed by atoms with Gasteiger partial charge in [-0.3, -0.25) is 0 Å². The first kappa shape index (κ1) is 13.2. The monoisotopic (exact) mass is 248 g/mol. The van der Waals surface area contributed by atoms with E-state index in [0.717, 1.165) is 12.2 Å². The summed E-state index contributed by atoms with van der Waals surface area (Å²) in [5, 5.41) is 3.61. The minimum Gasteiger partial charge on any atom is -0.496 e. The Hall–Kier alpha value is -1.22. The Morgan fingerprint density at radius 2 is 1.89 bits per heavy atom. The van der Waals surface area contributed by atoms with Gasteiger partial charge in [0.05, 0.1) is 7.11 Å². The zero-order valence-electron chi connectivity index (χ0n) is 11.6. The minimum absolute atomic E-state index is 0.278. The van der Waals surface area contributed by atoms with Gasteiger partial charge in [-0.25, -0.2) is 0 Å². The lowest BCUT2D eigenvalue weighted by Crippen LogP contribution is -2.42. The third-order valence-electron chi connectivity index (χ3n) is 4.12. The molecule has 1 saturated carbocycles. The molecule has 1 aliphatic rings. The maximum atomic E-state index is 6.18. The normalized spacial score (nSPS) is 23.8. The SMILES string of the molecule is COc1ccc(NC2CCCCC2N)c(C)c1C. The Bertz CT molecular complexity index is 417. The van der Waals surface area contributed by atoms with Crippen LogP contribution in [-0.4, -0.2) is 19.2 Å². The Morgan fingerprint density at radius 1 is 1.17 bits per heavy atom. The van der Waals surface area contributed by atoms with Crippen molar-refractivity contribution in [3.05, 3.63) is 23.3 Å². The van der Waals surface area contributed by atoms with E-state index in [1.165, 1.54) is 36.1 Å². The summed E-state index contributed by atoms with van der Waals surface area (Å²) in [5.41, 5.74) is 9.83. The van der Waals surface area contributed by atoms with E-state index in [9.17, 15) is 0 Å². The molecule has 0 amide bonds. The quantitative estimate of drug-likeness (QED) is 0.864. The second-order valence-corrected chi connectivity index (χ2v) is 5.26. The van der Waals surface area contributed by atoms with E-state index in [0.29, 0.717) is 6.04 Å². The molecule has 3 N–H and O–H groups in total. The van der Waals surface area contributed by atoms with Crippen molar-refractivity contribution in [1.82, 2.24) is 0 Å². The minimum atomic E-state index is 0.278. The molecule has 0 radical (unpaired) electrons. The van der Waals surface area contributed by atoms with E-state index in [1.54, 1.807) is 7.11 Å². The summed E-state index contributed by atoms with van der Waals surface area (Å²) >= 11 is 0. The molecule has 100 valence electrons. The number of hydrogen-bond acceptors (Lipinski definition) is 3. The van der Waals surface area contributed by atoms with Gasteiger partial charge in [0.25, 0.3) is 0 Å². The molecule has 1 aromatic rings. The van der Waals surface area contributed by atoms with Crippen LogP contribution in [0.4, 0.5) is 5.69 Å². The van der Waals surface area contributed by atoms with Crippen LogP contribution in [0.3, 0.4) is 0 Å². The third kappa shape index (κ3) is 2.61. The first-order chi connectivity index (χ1) is 8.63. The molecule has 0 aromatic heterocycles. The van der Waals surface area contributed by atoms with Crippen molar-refractivity contribution in [3.63, 3.8) is 0 Å². The van der Waals surface area contributed by atoms with Gasteiger partial charge < -0.3 is 15.8 Å². The molecule has 1 fully saturated rings. The highest BCUT2D eigenvalue weighted by Crippen LogP contribution is 2.29. The Balaban J connectivity index is 2.16. The molecule has 0 bridgehead atoms. The van der Waals surface area contributed by atoms with Crippen molar-refractivity contribution in [2.24, 2.45) is 5.73 Å². The number of benzene rings is 1. The number of anilines is 1. The van der Waals surface area contributed by atoms with Gasteiger partial charge in [-0.1, -0.05) is 12.8 Å². The highest BCUT2D eigenvalue weighted by Gasteiger charge is 2.22. The molecule has 2 rings (SSSR count). The second kappa shape index (κ2) is 5.61. The number of hydrogen-bond donors (Lipinski definition) is 2. The van der Waals surface area contributed by atoms with Crippen molar-refractivity contribution < 1.29 is 4.74 Å². The maximum absolute atomic E-state index is 6.18. The number of ether oxygens (including phenoxy) is 1. The number of rotatable bonds is 3. The first-order valence-electron chi connectivity index (χ1n) is 6.79. The summed E-state index contributed by atoms with van der Waals surface area (Å²) in [7, 11) is 1.71. The van der Waals surface area contributed by atoms with Crippen LogP contribution < -0.4 is 15.8 Å². The van der Waals surface area contributed by atoms with Gasteiger partial charge >= 0.3 is 0 Å². The van der Waals surface area contributed by atoms with Crippen LogP contribution in [0.2, 0.25) is 0 Å². The van der Waals surface area contributed by atoms with Crippen molar-refractivity contribution >= 4 is 5.69 Å². The zero-order valence-corrected chi connectivity index (χ0v) is 11.6. The predicted molar refractivity (Wildman–Crippen MR) is 76.3 cm³/mol. The second-order valence-electron chi connectivity index (χ2n) is 5.26. The molecule has 0 heterocycles. The molecule has 2 unspecified atom stereocenters. The summed E-state index contributed by atoms with van der Waals surface area (Å²) < 4.78 is 5.34. The largest absolute Gasteiger partial charge is 0.496 e. The maximum Gasteiger partial charge on any atom is 0.122 e. The molecule has 0 aliphatic heterocycles. The molecule has 0 spiro atoms. The van der Waals surface area contributed by atoms with Crippen molar-refractivity contribution in [2.75, 3.05) is 12.4 Å². The van der Waals surface area contributed by atoms with Crippen LogP contribution in [0.1, 0.15) is 36.8 Å². The Morgan fingerprint density at radius 3 is 2.56 bits per heavy atom. The van der Waals surface area contributed by atoms with E-state index in [4.69, 9.17) is 10.5 Å². The lowest BCUT2D eigenvalue weighted by molar-refractivity contribution is 0.403. The van der Waals surface area contributed by atoms with Crippen LogP contribution in [0.25, 0.3) is 0 Å². The number of methoxy groups -OCH3 is 1. The standard InChI is InChI=1S/C15H24N2O/c1-10-11(2)15(18-3)9-8-13(10)17-14-7-5-4-6-12(14)16/h8-9,12,14,17H,4-7,16H2,1-3H3. The van der Waals surface area contributed by atoms with Crippen LogP contribution >= 0.6 is 0 Å². The topological polar surface area (TPSA) is 47.3 Å². The van der Waals surface area contributed by atoms with Gasteiger partial charge in [0.15, 0.2) is 0 Å². The molecule has 1 aromatic carbocycles. The average molecular weight is 248 g/mol. The average Bonchev–Trinajstić information content (AvgIpc) is 2.38. The molecular weight excluding hydrogens is 224 g/mol. The van der Waals surface area contributed by atoms with Crippen molar-refractivity contribution in [2.45, 2.75) is 51.6 Å². The first-order valence-corrected chi connectivity index (χ1v) is 6.79. The molecule has 3 heteroatoms. The molecule has 1 aliphatic carbocycles. The fraction of sp³-hybridized carbons (Fsp3) is 0.600. The molecule has 2 atom stereocenters. The lowest BCUT2D eigenvalue weighted by Gasteiger charge is -2.31. The van der Waals surface area contributed by atoms with E-state index in [2.05, 4.69) is 25.2 Å². The van der Waals surface area contributed by atoms with Crippen LogP contribution in [0.15, 0.2) is 12.1 Å². The number of nitrogens with one attached hydrogen (secondary N) is 1. The van der Waals surface area contributed by atoms with Gasteiger partial charge in [-0.05, 0) is 49.9 Å². The zero-order chi connectivity index (χ0) is 13.1. The van der Waals surface area contributed by atoms with Gasteiger partial charge in [0.1, 0.15) is 5.75 Å². The fourth-order valence-electron chi connectivity index (χ4n) is 2.71. The molecular formula is C15H24N2O. The summed E-state index contributed by atoms with van der Waals surface area (Å²) in [5.74, 6) is 0.950. The van der Waals surface area contributed by atoms with Gasteiger partial charge in [-0.15, -0.1) is 0 Å². The van der Waals surface area contributed by atoms with Gasteiger partial charge in [0, 0.05) is 17.8 Å². The molecule has 3 nitrogen and oxygen atoms in total. The van der Waals surface area contributed by atoms with Gasteiger partial charge in [0.2, 0.25) is 0 Å². The summed E-state index contributed by atoms with van der Waals surface area (Å²) in [6, 6.07) is 4.81. The molecule has 18 heavy (non-hydrogen) atoms.